The van der Waals surface area contributed by atoms with Crippen LogP contribution in [-0.4, -0.2) is 12.8 Å². The summed E-state index contributed by atoms with van der Waals surface area (Å²) in [6, 6.07) is 21.0. The SMILES string of the molecule is COc1cccc(C2C=C(c3cc(F)ccc3F)CC(Cc3ccccc3)=N2)c1. The van der Waals surface area contributed by atoms with E-state index in [1.165, 1.54) is 12.1 Å². The molecule has 0 aromatic heterocycles. The molecule has 1 atom stereocenters. The molecule has 3 aromatic rings. The predicted molar refractivity (Wildman–Crippen MR) is 112 cm³/mol. The van der Waals surface area contributed by atoms with Gasteiger partial charge in [0, 0.05) is 24.1 Å². The third kappa shape index (κ3) is 4.43. The largest absolute Gasteiger partial charge is 0.497 e. The zero-order valence-electron chi connectivity index (χ0n) is 16.1. The number of rotatable bonds is 5. The van der Waals surface area contributed by atoms with E-state index in [9.17, 15) is 8.78 Å². The summed E-state index contributed by atoms with van der Waals surface area (Å²) in [5.74, 6) is -0.143. The van der Waals surface area contributed by atoms with Gasteiger partial charge in [-0.05, 0) is 47.0 Å². The number of nitrogens with zero attached hydrogens (tertiary/aromatic N) is 1. The summed E-state index contributed by atoms with van der Waals surface area (Å²) >= 11 is 0. The second-order valence-corrected chi connectivity index (χ2v) is 7.07. The highest BCUT2D eigenvalue weighted by molar-refractivity contribution is 5.97. The first kappa shape index (κ1) is 19.1. The molecule has 146 valence electrons. The molecule has 1 heterocycles. The number of halogens is 2. The maximum absolute atomic E-state index is 14.5. The number of hydrogen-bond donors (Lipinski definition) is 0. The molecule has 29 heavy (non-hydrogen) atoms. The van der Waals surface area contributed by atoms with E-state index in [4.69, 9.17) is 9.73 Å². The number of benzene rings is 3. The summed E-state index contributed by atoms with van der Waals surface area (Å²) in [6.07, 6.45) is 3.06. The van der Waals surface area contributed by atoms with E-state index in [1.807, 2.05) is 60.7 Å². The average molecular weight is 389 g/mol. The lowest BCUT2D eigenvalue weighted by Crippen LogP contribution is -2.13. The number of hydrogen-bond acceptors (Lipinski definition) is 2. The minimum atomic E-state index is -0.452. The molecule has 2 nitrogen and oxygen atoms in total. The van der Waals surface area contributed by atoms with Gasteiger partial charge in [0.15, 0.2) is 0 Å². The van der Waals surface area contributed by atoms with Crippen molar-refractivity contribution in [3.8, 4) is 5.75 Å². The van der Waals surface area contributed by atoms with Crippen LogP contribution >= 0.6 is 0 Å². The van der Waals surface area contributed by atoms with Gasteiger partial charge in [0.1, 0.15) is 17.4 Å². The molecule has 0 spiro atoms. The molecule has 3 aromatic carbocycles. The minimum absolute atomic E-state index is 0.282. The first-order valence-corrected chi connectivity index (χ1v) is 9.52. The lowest BCUT2D eigenvalue weighted by molar-refractivity contribution is 0.414. The summed E-state index contributed by atoms with van der Waals surface area (Å²) in [5.41, 5.74) is 4.06. The third-order valence-corrected chi connectivity index (χ3v) is 5.04. The highest BCUT2D eigenvalue weighted by Gasteiger charge is 2.21. The maximum Gasteiger partial charge on any atom is 0.130 e. The monoisotopic (exact) mass is 389 g/mol. The quantitative estimate of drug-likeness (QED) is 0.510. The molecular weight excluding hydrogens is 368 g/mol. The maximum atomic E-state index is 14.5. The van der Waals surface area contributed by atoms with Crippen LogP contribution in [0.15, 0.2) is 83.9 Å². The van der Waals surface area contributed by atoms with Crippen molar-refractivity contribution in [2.45, 2.75) is 18.9 Å². The topological polar surface area (TPSA) is 21.6 Å². The lowest BCUT2D eigenvalue weighted by Gasteiger charge is -2.22. The van der Waals surface area contributed by atoms with Crippen LogP contribution in [-0.2, 0) is 6.42 Å². The van der Waals surface area contributed by atoms with Crippen molar-refractivity contribution in [1.82, 2.24) is 0 Å². The number of dihydropyridines is 1. The van der Waals surface area contributed by atoms with E-state index in [1.54, 1.807) is 7.11 Å². The summed E-state index contributed by atoms with van der Waals surface area (Å²) in [5, 5.41) is 0. The van der Waals surface area contributed by atoms with E-state index in [-0.39, 0.29) is 6.04 Å². The molecule has 0 N–H and O–H groups in total. The Balaban J connectivity index is 1.75. The standard InChI is InChI=1S/C25H21F2NO/c1-29-22-9-5-8-18(14-22)25-15-19(23-16-20(26)10-11-24(23)27)13-21(28-25)12-17-6-3-2-4-7-17/h2-11,14-16,25H,12-13H2,1H3. The molecule has 0 saturated heterocycles. The molecule has 0 saturated carbocycles. The Hall–Kier alpha value is -3.27. The molecule has 0 amide bonds. The fourth-order valence-electron chi connectivity index (χ4n) is 3.61. The predicted octanol–water partition coefficient (Wildman–Crippen LogP) is 6.19. The molecule has 0 bridgehead atoms. The second-order valence-electron chi connectivity index (χ2n) is 7.07. The van der Waals surface area contributed by atoms with Crippen molar-refractivity contribution in [2.24, 2.45) is 4.99 Å². The van der Waals surface area contributed by atoms with Gasteiger partial charge >= 0.3 is 0 Å². The van der Waals surface area contributed by atoms with Crippen LogP contribution in [0.1, 0.15) is 29.2 Å². The van der Waals surface area contributed by atoms with Gasteiger partial charge in [-0.2, -0.15) is 0 Å². The van der Waals surface area contributed by atoms with Gasteiger partial charge in [-0.15, -0.1) is 0 Å². The number of aliphatic imine (C=N–C) groups is 1. The normalized spacial score (nSPS) is 16.2. The van der Waals surface area contributed by atoms with Crippen molar-refractivity contribution >= 4 is 11.3 Å². The summed E-state index contributed by atoms with van der Waals surface area (Å²) < 4.78 is 33.6. The Kier molecular flexibility index (Phi) is 5.52. The minimum Gasteiger partial charge on any atom is -0.497 e. The van der Waals surface area contributed by atoms with Gasteiger partial charge < -0.3 is 4.74 Å². The van der Waals surface area contributed by atoms with E-state index in [2.05, 4.69) is 0 Å². The van der Waals surface area contributed by atoms with Crippen LogP contribution in [0.3, 0.4) is 0 Å². The van der Waals surface area contributed by atoms with Gasteiger partial charge in [-0.25, -0.2) is 8.78 Å². The van der Waals surface area contributed by atoms with Crippen molar-refractivity contribution in [3.63, 3.8) is 0 Å². The number of methoxy groups -OCH3 is 1. The van der Waals surface area contributed by atoms with Gasteiger partial charge in [-0.1, -0.05) is 48.5 Å². The van der Waals surface area contributed by atoms with Gasteiger partial charge in [-0.3, -0.25) is 4.99 Å². The summed E-state index contributed by atoms with van der Waals surface area (Å²) in [4.78, 5) is 4.92. The fraction of sp³-hybridized carbons (Fsp3) is 0.160. The van der Waals surface area contributed by atoms with Gasteiger partial charge in [0.2, 0.25) is 0 Å². The molecule has 4 rings (SSSR count). The Bertz CT molecular complexity index is 1070. The molecular formula is C25H21F2NO. The smallest absolute Gasteiger partial charge is 0.130 e. The molecule has 0 aliphatic carbocycles. The molecule has 1 aliphatic heterocycles. The molecule has 4 heteroatoms. The molecule has 0 fully saturated rings. The Labute approximate surface area is 169 Å². The second kappa shape index (κ2) is 8.39. The zero-order valence-corrected chi connectivity index (χ0v) is 16.1. The van der Waals surface area contributed by atoms with Crippen molar-refractivity contribution < 1.29 is 13.5 Å². The lowest BCUT2D eigenvalue weighted by atomic mass is 9.90. The van der Waals surface area contributed by atoms with Crippen LogP contribution in [0.2, 0.25) is 0 Å². The number of ether oxygens (including phenoxy) is 1. The van der Waals surface area contributed by atoms with Crippen LogP contribution in [0.5, 0.6) is 5.75 Å². The van der Waals surface area contributed by atoms with E-state index < -0.39 is 11.6 Å². The van der Waals surface area contributed by atoms with Gasteiger partial charge in [0.05, 0.1) is 13.2 Å². The third-order valence-electron chi connectivity index (χ3n) is 5.04. The summed E-state index contributed by atoms with van der Waals surface area (Å²) in [7, 11) is 1.62. The molecule has 0 radical (unpaired) electrons. The first-order chi connectivity index (χ1) is 14.1. The van der Waals surface area contributed by atoms with E-state index in [0.29, 0.717) is 18.4 Å². The Morgan fingerprint density at radius 2 is 1.79 bits per heavy atom. The molecule has 1 unspecified atom stereocenters. The van der Waals surface area contributed by atoms with Gasteiger partial charge in [0.25, 0.3) is 0 Å². The fourth-order valence-corrected chi connectivity index (χ4v) is 3.61. The zero-order chi connectivity index (χ0) is 20.2. The van der Waals surface area contributed by atoms with Crippen molar-refractivity contribution in [2.75, 3.05) is 7.11 Å². The van der Waals surface area contributed by atoms with Crippen molar-refractivity contribution in [3.05, 3.63) is 107 Å². The molecule has 1 aliphatic rings. The van der Waals surface area contributed by atoms with Crippen molar-refractivity contribution in [1.29, 1.82) is 0 Å². The first-order valence-electron chi connectivity index (χ1n) is 9.52. The highest BCUT2D eigenvalue weighted by Crippen LogP contribution is 2.34. The van der Waals surface area contributed by atoms with E-state index >= 15 is 0 Å². The van der Waals surface area contributed by atoms with E-state index in [0.717, 1.165) is 34.2 Å². The van der Waals surface area contributed by atoms with Crippen LogP contribution in [0.25, 0.3) is 5.57 Å². The van der Waals surface area contributed by atoms with Crippen LogP contribution in [0, 0.1) is 11.6 Å². The highest BCUT2D eigenvalue weighted by atomic mass is 19.1. The summed E-state index contributed by atoms with van der Waals surface area (Å²) in [6.45, 7) is 0. The average Bonchev–Trinajstić information content (AvgIpc) is 2.76. The number of allylic oxidation sites excluding steroid dienone is 1. The van der Waals surface area contributed by atoms with Crippen LogP contribution < -0.4 is 4.74 Å². The van der Waals surface area contributed by atoms with Crippen LogP contribution in [0.4, 0.5) is 8.78 Å². The Morgan fingerprint density at radius 1 is 0.966 bits per heavy atom. The Morgan fingerprint density at radius 3 is 2.59 bits per heavy atom.